The van der Waals surface area contributed by atoms with Crippen LogP contribution in [0.1, 0.15) is 10.4 Å². The fourth-order valence-corrected chi connectivity index (χ4v) is 1.53. The van der Waals surface area contributed by atoms with E-state index in [0.717, 1.165) is 0 Å². The summed E-state index contributed by atoms with van der Waals surface area (Å²) in [6.45, 7) is -0.276. The third-order valence-electron chi connectivity index (χ3n) is 1.62. The average molecular weight is 297 g/mol. The van der Waals surface area contributed by atoms with Gasteiger partial charge in [0.2, 0.25) is 0 Å². The number of rotatable bonds is 4. The molecule has 0 aliphatic carbocycles. The second kappa shape index (κ2) is 9.09. The SMILES string of the molecule is CSc1ncccc1C(=O)NCC(=N)[O-].Cl.Cl. The van der Waals surface area contributed by atoms with Gasteiger partial charge in [-0.05, 0) is 24.3 Å². The Morgan fingerprint density at radius 1 is 1.59 bits per heavy atom. The van der Waals surface area contributed by atoms with Crippen molar-refractivity contribution in [3.63, 3.8) is 0 Å². The Bertz CT molecular complexity index is 390. The lowest BCUT2D eigenvalue weighted by atomic mass is 10.2. The van der Waals surface area contributed by atoms with Crippen molar-refractivity contribution in [2.75, 3.05) is 12.8 Å². The normalized spacial score (nSPS) is 8.53. The van der Waals surface area contributed by atoms with Crippen LogP contribution in [0.4, 0.5) is 0 Å². The first-order chi connectivity index (χ1) is 7.15. The summed E-state index contributed by atoms with van der Waals surface area (Å²) in [4.78, 5) is 15.5. The smallest absolute Gasteiger partial charge is 0.254 e. The van der Waals surface area contributed by atoms with Crippen LogP contribution in [0.2, 0.25) is 0 Å². The van der Waals surface area contributed by atoms with E-state index in [0.29, 0.717) is 10.6 Å². The van der Waals surface area contributed by atoms with Crippen LogP contribution in [0.3, 0.4) is 0 Å². The molecule has 0 aromatic carbocycles. The van der Waals surface area contributed by atoms with E-state index < -0.39 is 5.90 Å². The van der Waals surface area contributed by atoms with E-state index in [9.17, 15) is 9.90 Å². The molecule has 5 nitrogen and oxygen atoms in total. The molecule has 2 N–H and O–H groups in total. The third-order valence-corrected chi connectivity index (χ3v) is 2.33. The third kappa shape index (κ3) is 5.76. The highest BCUT2D eigenvalue weighted by molar-refractivity contribution is 7.98. The molecule has 0 aliphatic rings. The second-order valence-corrected chi connectivity index (χ2v) is 3.46. The van der Waals surface area contributed by atoms with Crippen LogP contribution >= 0.6 is 36.6 Å². The molecule has 0 fully saturated rings. The lowest BCUT2D eigenvalue weighted by Crippen LogP contribution is -2.35. The number of thioether (sulfide) groups is 1. The maximum Gasteiger partial charge on any atom is 0.254 e. The Balaban J connectivity index is 0. The summed E-state index contributed by atoms with van der Waals surface area (Å²) in [6, 6.07) is 3.28. The largest absolute Gasteiger partial charge is 0.861 e. The zero-order valence-electron chi connectivity index (χ0n) is 8.93. The van der Waals surface area contributed by atoms with Crippen LogP contribution in [0.25, 0.3) is 0 Å². The summed E-state index contributed by atoms with van der Waals surface area (Å²) < 4.78 is 0. The molecule has 1 amide bonds. The fraction of sp³-hybridized carbons (Fsp3) is 0.222. The van der Waals surface area contributed by atoms with Crippen molar-refractivity contribution in [3.05, 3.63) is 23.9 Å². The van der Waals surface area contributed by atoms with Gasteiger partial charge in [0.1, 0.15) is 5.03 Å². The number of hydrogen-bond acceptors (Lipinski definition) is 5. The fourth-order valence-electron chi connectivity index (χ4n) is 0.982. The molecule has 1 heterocycles. The van der Waals surface area contributed by atoms with Crippen molar-refractivity contribution < 1.29 is 9.90 Å². The number of pyridine rings is 1. The highest BCUT2D eigenvalue weighted by atomic mass is 35.5. The van der Waals surface area contributed by atoms with Gasteiger partial charge in [0.25, 0.3) is 5.91 Å². The summed E-state index contributed by atoms with van der Waals surface area (Å²) >= 11 is 1.35. The van der Waals surface area contributed by atoms with Crippen molar-refractivity contribution in [1.82, 2.24) is 10.3 Å². The second-order valence-electron chi connectivity index (χ2n) is 2.67. The molecule has 8 heteroatoms. The van der Waals surface area contributed by atoms with Gasteiger partial charge in [-0.3, -0.25) is 4.79 Å². The minimum absolute atomic E-state index is 0. The quantitative estimate of drug-likeness (QED) is 0.487. The maximum absolute atomic E-state index is 11.5. The van der Waals surface area contributed by atoms with Crippen LogP contribution in [0.5, 0.6) is 0 Å². The molecule has 1 rings (SSSR count). The van der Waals surface area contributed by atoms with E-state index in [4.69, 9.17) is 5.41 Å². The number of aromatic nitrogens is 1. The Morgan fingerprint density at radius 3 is 2.76 bits per heavy atom. The van der Waals surface area contributed by atoms with Crippen LogP contribution in [0, 0.1) is 5.41 Å². The van der Waals surface area contributed by atoms with Crippen LogP contribution in [0.15, 0.2) is 23.4 Å². The summed E-state index contributed by atoms with van der Waals surface area (Å²) in [5, 5.41) is 20.0. The van der Waals surface area contributed by atoms with Gasteiger partial charge in [-0.1, -0.05) is 0 Å². The number of nitrogens with one attached hydrogen (secondary N) is 2. The number of carbonyl (C=O) groups is 1. The molecule has 0 spiro atoms. The molecule has 0 aliphatic heterocycles. The van der Waals surface area contributed by atoms with Crippen molar-refractivity contribution in [2.24, 2.45) is 0 Å². The van der Waals surface area contributed by atoms with E-state index in [-0.39, 0.29) is 37.3 Å². The number of halogens is 2. The van der Waals surface area contributed by atoms with Gasteiger partial charge in [0.05, 0.1) is 5.56 Å². The molecule has 0 bridgehead atoms. The Labute approximate surface area is 116 Å². The summed E-state index contributed by atoms with van der Waals surface area (Å²) in [5.41, 5.74) is 0.422. The van der Waals surface area contributed by atoms with Gasteiger partial charge < -0.3 is 15.8 Å². The monoisotopic (exact) mass is 296 g/mol. The highest BCUT2D eigenvalue weighted by Crippen LogP contribution is 2.16. The molecular formula is C9H12Cl2N3O2S-. The predicted molar refractivity (Wildman–Crippen MR) is 70.6 cm³/mol. The molecule has 1 aromatic rings. The lowest BCUT2D eigenvalue weighted by molar-refractivity contribution is -0.218. The molecular weight excluding hydrogens is 285 g/mol. The molecule has 1 aromatic heterocycles. The Kier molecular flexibility index (Phi) is 9.83. The number of hydrogen-bond donors (Lipinski definition) is 2. The molecule has 96 valence electrons. The first kappa shape index (κ1) is 18.4. The van der Waals surface area contributed by atoms with Gasteiger partial charge in [-0.2, -0.15) is 0 Å². The van der Waals surface area contributed by atoms with E-state index in [1.807, 2.05) is 6.26 Å². The number of carbonyl (C=O) groups excluding carboxylic acids is 1. The van der Waals surface area contributed by atoms with Gasteiger partial charge in [0, 0.05) is 12.7 Å². The summed E-state index contributed by atoms with van der Waals surface area (Å²) in [5.74, 6) is -1.20. The Morgan fingerprint density at radius 2 is 2.24 bits per heavy atom. The minimum Gasteiger partial charge on any atom is -0.861 e. The van der Waals surface area contributed by atoms with Gasteiger partial charge in [0.15, 0.2) is 0 Å². The van der Waals surface area contributed by atoms with E-state index >= 15 is 0 Å². The van der Waals surface area contributed by atoms with Gasteiger partial charge in [-0.25, -0.2) is 4.98 Å². The highest BCUT2D eigenvalue weighted by Gasteiger charge is 2.10. The number of nitrogens with zero attached hydrogens (tertiary/aromatic N) is 1. The summed E-state index contributed by atoms with van der Waals surface area (Å²) in [6.07, 6.45) is 3.41. The van der Waals surface area contributed by atoms with Crippen molar-refractivity contribution in [1.29, 1.82) is 5.41 Å². The van der Waals surface area contributed by atoms with Crippen molar-refractivity contribution in [2.45, 2.75) is 5.03 Å². The Hall–Kier alpha value is -0.980. The summed E-state index contributed by atoms with van der Waals surface area (Å²) in [7, 11) is 0. The molecule has 0 atom stereocenters. The topological polar surface area (TPSA) is 88.9 Å². The van der Waals surface area contributed by atoms with Crippen molar-refractivity contribution in [3.8, 4) is 0 Å². The average Bonchev–Trinajstić information content (AvgIpc) is 2.25. The zero-order chi connectivity index (χ0) is 11.3. The molecule has 0 saturated carbocycles. The van der Waals surface area contributed by atoms with E-state index in [1.54, 1.807) is 18.3 Å². The van der Waals surface area contributed by atoms with Gasteiger partial charge in [-0.15, -0.1) is 36.6 Å². The number of amides is 1. The van der Waals surface area contributed by atoms with Crippen LogP contribution in [-0.2, 0) is 0 Å². The van der Waals surface area contributed by atoms with E-state index in [1.165, 1.54) is 11.8 Å². The lowest BCUT2D eigenvalue weighted by Gasteiger charge is -2.10. The standard InChI is InChI=1S/C9H11N3O2S.2ClH/c1-15-9-6(3-2-4-11-9)8(14)12-5-7(10)13;;/h2-4H,5H2,1H3,(H2,10,13)(H,12,14);2*1H/p-1. The van der Waals surface area contributed by atoms with Gasteiger partial charge >= 0.3 is 0 Å². The van der Waals surface area contributed by atoms with Crippen LogP contribution in [-0.4, -0.2) is 29.6 Å². The minimum atomic E-state index is -0.821. The molecule has 0 radical (unpaired) electrons. The molecule has 17 heavy (non-hydrogen) atoms. The molecule has 0 saturated heterocycles. The van der Waals surface area contributed by atoms with Crippen molar-refractivity contribution >= 4 is 48.4 Å². The predicted octanol–water partition coefficient (Wildman–Crippen LogP) is 0.714. The first-order valence-electron chi connectivity index (χ1n) is 4.16. The maximum atomic E-state index is 11.5. The zero-order valence-corrected chi connectivity index (χ0v) is 11.4. The van der Waals surface area contributed by atoms with E-state index in [2.05, 4.69) is 10.3 Å². The first-order valence-corrected chi connectivity index (χ1v) is 5.39. The van der Waals surface area contributed by atoms with Crippen LogP contribution < -0.4 is 10.4 Å². The molecule has 0 unspecified atom stereocenters.